The molecular weight excluding hydrogens is 184 g/mol. The zero-order chi connectivity index (χ0) is 11.3. The molecule has 0 aliphatic heterocycles. The van der Waals surface area contributed by atoms with Gasteiger partial charge in [0.1, 0.15) is 0 Å². The quantitative estimate of drug-likeness (QED) is 0.783. The van der Waals surface area contributed by atoms with Crippen molar-refractivity contribution in [3.8, 4) is 0 Å². The van der Waals surface area contributed by atoms with Crippen LogP contribution in [0.4, 0.5) is 0 Å². The van der Waals surface area contributed by atoms with E-state index in [-0.39, 0.29) is 6.61 Å². The molecule has 0 unspecified atom stereocenters. The molecule has 0 amide bonds. The summed E-state index contributed by atoms with van der Waals surface area (Å²) in [7, 11) is 0. The van der Waals surface area contributed by atoms with Crippen molar-refractivity contribution in [2.24, 2.45) is 10.8 Å². The summed E-state index contributed by atoms with van der Waals surface area (Å²) in [5.74, 6) is 0.577. The maximum Gasteiger partial charge on any atom is 0.0684 e. The van der Waals surface area contributed by atoms with E-state index in [4.69, 9.17) is 0 Å². The van der Waals surface area contributed by atoms with E-state index in [9.17, 15) is 5.11 Å². The van der Waals surface area contributed by atoms with Crippen molar-refractivity contribution in [1.29, 1.82) is 0 Å². The summed E-state index contributed by atoms with van der Waals surface area (Å²) in [5.41, 5.74) is 3.10. The molecular formula is C14H20O. The van der Waals surface area contributed by atoms with Crippen LogP contribution in [-0.2, 0) is 6.61 Å². The van der Waals surface area contributed by atoms with Crippen molar-refractivity contribution < 1.29 is 5.11 Å². The molecule has 2 rings (SSSR count). The molecule has 1 heteroatoms. The van der Waals surface area contributed by atoms with Gasteiger partial charge in [0.25, 0.3) is 0 Å². The number of hydrogen-bond donors (Lipinski definition) is 1. The Morgan fingerprint density at radius 2 is 1.60 bits per heavy atom. The Balaban J connectivity index is 2.41. The molecule has 0 aromatic heterocycles. The Hall–Kier alpha value is -0.820. The molecule has 0 saturated heterocycles. The lowest BCUT2D eigenvalue weighted by Crippen LogP contribution is -1.95. The van der Waals surface area contributed by atoms with Gasteiger partial charge >= 0.3 is 0 Å². The second-order valence-electron chi connectivity index (χ2n) is 5.73. The number of hydrogen-bond acceptors (Lipinski definition) is 1. The molecule has 1 saturated carbocycles. The summed E-state index contributed by atoms with van der Waals surface area (Å²) in [5, 5.41) is 9.34. The van der Waals surface area contributed by atoms with Gasteiger partial charge in [0, 0.05) is 0 Å². The first kappa shape index (κ1) is 10.7. The van der Waals surface area contributed by atoms with Crippen molar-refractivity contribution in [1.82, 2.24) is 0 Å². The summed E-state index contributed by atoms with van der Waals surface area (Å²) >= 11 is 0. The van der Waals surface area contributed by atoms with Crippen LogP contribution < -0.4 is 0 Å². The summed E-state index contributed by atoms with van der Waals surface area (Å²) in [6, 6.07) is 8.25. The minimum Gasteiger partial charge on any atom is -0.392 e. The van der Waals surface area contributed by atoms with Gasteiger partial charge in [-0.15, -0.1) is 0 Å². The minimum absolute atomic E-state index is 0.152. The lowest BCUT2D eigenvalue weighted by Gasteiger charge is -2.08. The van der Waals surface area contributed by atoms with E-state index in [1.54, 1.807) is 0 Å². The fraction of sp³-hybridized carbons (Fsp3) is 0.571. The first-order valence-electron chi connectivity index (χ1n) is 5.61. The predicted molar refractivity (Wildman–Crippen MR) is 62.7 cm³/mol. The van der Waals surface area contributed by atoms with Gasteiger partial charge in [-0.3, -0.25) is 0 Å². The molecule has 0 heterocycles. The Morgan fingerprint density at radius 3 is 2.07 bits per heavy atom. The Bertz CT molecular complexity index is 363. The zero-order valence-corrected chi connectivity index (χ0v) is 10.0. The van der Waals surface area contributed by atoms with Gasteiger partial charge < -0.3 is 5.11 Å². The third-order valence-corrected chi connectivity index (χ3v) is 4.56. The smallest absolute Gasteiger partial charge is 0.0684 e. The molecule has 1 aromatic carbocycles. The Kier molecular flexibility index (Phi) is 2.20. The Labute approximate surface area is 92.1 Å². The van der Waals surface area contributed by atoms with E-state index in [0.717, 1.165) is 5.56 Å². The lowest BCUT2D eigenvalue weighted by atomic mass is 9.98. The molecule has 1 nitrogen and oxygen atoms in total. The summed E-state index contributed by atoms with van der Waals surface area (Å²) in [4.78, 5) is 0. The Morgan fingerprint density at radius 1 is 1.07 bits per heavy atom. The van der Waals surface area contributed by atoms with Gasteiger partial charge in [0.15, 0.2) is 0 Å². The molecule has 15 heavy (non-hydrogen) atoms. The zero-order valence-electron chi connectivity index (χ0n) is 10.0. The molecule has 1 N–H and O–H groups in total. The van der Waals surface area contributed by atoms with Crippen molar-refractivity contribution in [3.05, 3.63) is 35.4 Å². The number of benzene rings is 1. The second kappa shape index (κ2) is 3.08. The van der Waals surface area contributed by atoms with Crippen LogP contribution in [0.2, 0.25) is 0 Å². The highest BCUT2D eigenvalue weighted by Crippen LogP contribution is 2.73. The molecule has 0 spiro atoms. The molecule has 0 radical (unpaired) electrons. The van der Waals surface area contributed by atoms with Gasteiger partial charge in [0.2, 0.25) is 0 Å². The highest BCUT2D eigenvalue weighted by Gasteiger charge is 2.65. The predicted octanol–water partition coefficient (Wildman–Crippen LogP) is 3.33. The van der Waals surface area contributed by atoms with Crippen molar-refractivity contribution in [3.63, 3.8) is 0 Å². The van der Waals surface area contributed by atoms with Crippen LogP contribution in [0.1, 0.15) is 44.7 Å². The van der Waals surface area contributed by atoms with E-state index in [1.165, 1.54) is 5.56 Å². The molecule has 1 fully saturated rings. The van der Waals surface area contributed by atoms with Gasteiger partial charge in [-0.05, 0) is 27.9 Å². The highest BCUT2D eigenvalue weighted by atomic mass is 16.3. The summed E-state index contributed by atoms with van der Waals surface area (Å²) in [6.45, 7) is 9.40. The SMILES string of the molecule is CC1(C)C(c2ccccc2CO)C1(C)C. The standard InChI is InChI=1S/C14H20O/c1-13(2)12(14(13,3)4)11-8-6-5-7-10(11)9-15/h5-8,12,15H,9H2,1-4H3. The van der Waals surface area contributed by atoms with Crippen molar-refractivity contribution in [2.45, 2.75) is 40.2 Å². The first-order chi connectivity index (χ1) is 6.93. The normalized spacial score (nSPS) is 22.7. The molecule has 0 atom stereocenters. The topological polar surface area (TPSA) is 20.2 Å². The summed E-state index contributed by atoms with van der Waals surface area (Å²) < 4.78 is 0. The van der Waals surface area contributed by atoms with Crippen LogP contribution in [0, 0.1) is 10.8 Å². The van der Waals surface area contributed by atoms with Crippen LogP contribution in [0.3, 0.4) is 0 Å². The van der Waals surface area contributed by atoms with Crippen molar-refractivity contribution in [2.75, 3.05) is 0 Å². The number of rotatable bonds is 2. The van der Waals surface area contributed by atoms with Crippen LogP contribution in [0.15, 0.2) is 24.3 Å². The summed E-state index contributed by atoms with van der Waals surface area (Å²) in [6.07, 6.45) is 0. The van der Waals surface area contributed by atoms with Gasteiger partial charge in [-0.2, -0.15) is 0 Å². The molecule has 1 aliphatic rings. The van der Waals surface area contributed by atoms with Gasteiger partial charge in [-0.25, -0.2) is 0 Å². The third kappa shape index (κ3) is 1.33. The average molecular weight is 204 g/mol. The monoisotopic (exact) mass is 204 g/mol. The lowest BCUT2D eigenvalue weighted by molar-refractivity contribution is 0.280. The number of aliphatic hydroxyl groups excluding tert-OH is 1. The maximum atomic E-state index is 9.34. The van der Waals surface area contributed by atoms with Crippen LogP contribution in [0.5, 0.6) is 0 Å². The number of aliphatic hydroxyl groups is 1. The van der Waals surface area contributed by atoms with Gasteiger partial charge in [-0.1, -0.05) is 52.0 Å². The minimum atomic E-state index is 0.152. The maximum absolute atomic E-state index is 9.34. The van der Waals surface area contributed by atoms with E-state index in [2.05, 4.69) is 39.8 Å². The van der Waals surface area contributed by atoms with Crippen molar-refractivity contribution >= 4 is 0 Å². The first-order valence-corrected chi connectivity index (χ1v) is 5.61. The average Bonchev–Trinajstić information content (AvgIpc) is 2.57. The highest BCUT2D eigenvalue weighted by molar-refractivity contribution is 5.40. The van der Waals surface area contributed by atoms with Gasteiger partial charge in [0.05, 0.1) is 6.61 Å². The fourth-order valence-electron chi connectivity index (χ4n) is 2.93. The molecule has 1 aliphatic carbocycles. The van der Waals surface area contributed by atoms with E-state index >= 15 is 0 Å². The molecule has 1 aromatic rings. The van der Waals surface area contributed by atoms with E-state index in [0.29, 0.717) is 16.7 Å². The third-order valence-electron chi connectivity index (χ3n) is 4.56. The molecule has 82 valence electrons. The van der Waals surface area contributed by atoms with Crippen LogP contribution in [-0.4, -0.2) is 5.11 Å². The largest absolute Gasteiger partial charge is 0.392 e. The van der Waals surface area contributed by atoms with Crippen LogP contribution in [0.25, 0.3) is 0 Å². The second-order valence-corrected chi connectivity index (χ2v) is 5.73. The fourth-order valence-corrected chi connectivity index (χ4v) is 2.93. The van der Waals surface area contributed by atoms with E-state index < -0.39 is 0 Å². The van der Waals surface area contributed by atoms with E-state index in [1.807, 2.05) is 12.1 Å². The molecule has 0 bridgehead atoms. The van der Waals surface area contributed by atoms with Crippen LogP contribution >= 0.6 is 0 Å².